The summed E-state index contributed by atoms with van der Waals surface area (Å²) in [4.78, 5) is 14.7. The van der Waals surface area contributed by atoms with Gasteiger partial charge >= 0.3 is 0 Å². The first-order valence-corrected chi connectivity index (χ1v) is 10.9. The van der Waals surface area contributed by atoms with Crippen LogP contribution in [0.15, 0.2) is 53.7 Å². The van der Waals surface area contributed by atoms with Gasteiger partial charge in [0.2, 0.25) is 11.9 Å². The number of carbonyl (C=O) groups excluding carboxylic acids is 1. The van der Waals surface area contributed by atoms with Crippen molar-refractivity contribution < 1.29 is 9.53 Å². The maximum atomic E-state index is 12.5. The van der Waals surface area contributed by atoms with Crippen LogP contribution in [0.5, 0.6) is 0 Å². The average molecular weight is 424 g/mol. The van der Waals surface area contributed by atoms with Gasteiger partial charge in [-0.2, -0.15) is 0 Å². The first-order chi connectivity index (χ1) is 14.6. The number of benzene rings is 2. The maximum absolute atomic E-state index is 12.5. The predicted octanol–water partition coefficient (Wildman–Crippen LogP) is 3.45. The van der Waals surface area contributed by atoms with Gasteiger partial charge in [0.15, 0.2) is 5.16 Å². The molecule has 0 aliphatic carbocycles. The summed E-state index contributed by atoms with van der Waals surface area (Å²) in [6.07, 6.45) is 0. The van der Waals surface area contributed by atoms with E-state index in [9.17, 15) is 4.79 Å². The smallest absolute Gasteiger partial charge is 0.234 e. The van der Waals surface area contributed by atoms with Gasteiger partial charge in [0.05, 0.1) is 24.7 Å². The molecule has 1 saturated heterocycles. The first kappa shape index (κ1) is 20.4. The van der Waals surface area contributed by atoms with E-state index in [2.05, 4.69) is 39.5 Å². The predicted molar refractivity (Wildman–Crippen MR) is 120 cm³/mol. The number of morpholine rings is 1. The second-order valence-corrected chi connectivity index (χ2v) is 8.15. The molecule has 0 unspecified atom stereocenters. The van der Waals surface area contributed by atoms with Crippen molar-refractivity contribution >= 4 is 29.3 Å². The quantitative estimate of drug-likeness (QED) is 0.613. The summed E-state index contributed by atoms with van der Waals surface area (Å²) in [5.74, 6) is 0.964. The number of amides is 1. The third-order valence-electron chi connectivity index (χ3n) is 4.93. The van der Waals surface area contributed by atoms with E-state index in [-0.39, 0.29) is 11.7 Å². The molecule has 7 nitrogen and oxygen atoms in total. The van der Waals surface area contributed by atoms with E-state index in [1.807, 2.05) is 47.9 Å². The number of nitrogens with one attached hydrogen (secondary N) is 1. The fraction of sp³-hybridized carbons (Fsp3) is 0.318. The maximum Gasteiger partial charge on any atom is 0.234 e. The van der Waals surface area contributed by atoms with Crippen LogP contribution in [0.4, 0.5) is 11.6 Å². The van der Waals surface area contributed by atoms with Gasteiger partial charge in [-0.25, -0.2) is 0 Å². The van der Waals surface area contributed by atoms with Gasteiger partial charge in [-0.1, -0.05) is 47.7 Å². The van der Waals surface area contributed by atoms with E-state index >= 15 is 0 Å². The van der Waals surface area contributed by atoms with Crippen LogP contribution in [0.3, 0.4) is 0 Å². The monoisotopic (exact) mass is 423 g/mol. The van der Waals surface area contributed by atoms with Crippen molar-refractivity contribution in [3.05, 3.63) is 59.7 Å². The highest BCUT2D eigenvalue weighted by atomic mass is 32.2. The minimum absolute atomic E-state index is 0.0730. The summed E-state index contributed by atoms with van der Waals surface area (Å²) in [6.45, 7) is 6.96. The van der Waals surface area contributed by atoms with Crippen LogP contribution in [-0.4, -0.2) is 52.7 Å². The summed E-state index contributed by atoms with van der Waals surface area (Å²) in [7, 11) is 0. The standard InChI is InChI=1S/C22H25N5O2S/c1-16-7-9-18(10-8-16)23-20(28)15-30-22-25-24-21(26-11-13-29-14-12-26)27(22)19-6-4-3-5-17(19)2/h3-10H,11-15H2,1-2H3,(H,23,28). The number of aryl methyl sites for hydroxylation is 2. The Balaban J connectivity index is 1.55. The molecule has 1 N–H and O–H groups in total. The summed E-state index contributed by atoms with van der Waals surface area (Å²) in [6, 6.07) is 15.9. The lowest BCUT2D eigenvalue weighted by atomic mass is 10.2. The zero-order chi connectivity index (χ0) is 20.9. The van der Waals surface area contributed by atoms with Crippen molar-refractivity contribution in [2.75, 3.05) is 42.3 Å². The molecule has 2 aromatic carbocycles. The summed E-state index contributed by atoms with van der Waals surface area (Å²) >= 11 is 1.39. The average Bonchev–Trinajstić information content (AvgIpc) is 3.18. The molecule has 0 atom stereocenters. The van der Waals surface area contributed by atoms with Crippen molar-refractivity contribution in [2.24, 2.45) is 0 Å². The van der Waals surface area contributed by atoms with Crippen LogP contribution in [0.25, 0.3) is 5.69 Å². The van der Waals surface area contributed by atoms with E-state index in [1.165, 1.54) is 11.8 Å². The molecule has 2 heterocycles. The number of anilines is 2. The molecular weight excluding hydrogens is 398 g/mol. The fourth-order valence-electron chi connectivity index (χ4n) is 3.31. The number of thioether (sulfide) groups is 1. The SMILES string of the molecule is Cc1ccc(NC(=O)CSc2nnc(N3CCOCC3)n2-c2ccccc2C)cc1. The molecule has 1 aliphatic heterocycles. The van der Waals surface area contributed by atoms with Crippen LogP contribution < -0.4 is 10.2 Å². The number of rotatable bonds is 6. The van der Waals surface area contributed by atoms with Crippen molar-refractivity contribution in [2.45, 2.75) is 19.0 Å². The molecule has 1 amide bonds. The van der Waals surface area contributed by atoms with Gasteiger partial charge in [-0.05, 0) is 37.6 Å². The Morgan fingerprint density at radius 2 is 1.80 bits per heavy atom. The molecule has 0 saturated carbocycles. The molecule has 1 aliphatic rings. The molecule has 8 heteroatoms. The van der Waals surface area contributed by atoms with E-state index in [4.69, 9.17) is 4.74 Å². The van der Waals surface area contributed by atoms with Crippen LogP contribution in [-0.2, 0) is 9.53 Å². The van der Waals surface area contributed by atoms with Gasteiger partial charge in [0, 0.05) is 18.8 Å². The highest BCUT2D eigenvalue weighted by molar-refractivity contribution is 7.99. The van der Waals surface area contributed by atoms with Crippen LogP contribution >= 0.6 is 11.8 Å². The summed E-state index contributed by atoms with van der Waals surface area (Å²) in [5.41, 5.74) is 4.09. The van der Waals surface area contributed by atoms with Gasteiger partial charge in [0.25, 0.3) is 0 Å². The van der Waals surface area contributed by atoms with Gasteiger partial charge < -0.3 is 15.0 Å². The van der Waals surface area contributed by atoms with Gasteiger partial charge in [-0.3, -0.25) is 9.36 Å². The van der Waals surface area contributed by atoms with E-state index < -0.39 is 0 Å². The largest absolute Gasteiger partial charge is 0.378 e. The highest BCUT2D eigenvalue weighted by Gasteiger charge is 2.23. The van der Waals surface area contributed by atoms with Crippen LogP contribution in [0.2, 0.25) is 0 Å². The number of nitrogens with zero attached hydrogens (tertiary/aromatic N) is 4. The molecule has 3 aromatic rings. The minimum atomic E-state index is -0.0730. The second-order valence-electron chi connectivity index (χ2n) is 7.21. The topological polar surface area (TPSA) is 72.3 Å². The lowest BCUT2D eigenvalue weighted by molar-refractivity contribution is -0.113. The Hall–Kier alpha value is -2.84. The molecule has 0 radical (unpaired) electrons. The van der Waals surface area contributed by atoms with E-state index in [0.29, 0.717) is 18.4 Å². The molecule has 0 spiro atoms. The number of aromatic nitrogens is 3. The first-order valence-electron chi connectivity index (χ1n) is 9.95. The Bertz CT molecular complexity index is 1010. The zero-order valence-electron chi connectivity index (χ0n) is 17.2. The van der Waals surface area contributed by atoms with Gasteiger partial charge in [-0.15, -0.1) is 10.2 Å². The van der Waals surface area contributed by atoms with E-state index in [0.717, 1.165) is 41.5 Å². The number of hydrogen-bond donors (Lipinski definition) is 1. The number of hydrogen-bond acceptors (Lipinski definition) is 6. The lowest BCUT2D eigenvalue weighted by Crippen LogP contribution is -2.38. The molecule has 1 fully saturated rings. The van der Waals surface area contributed by atoms with Crippen molar-refractivity contribution in [1.29, 1.82) is 0 Å². The second kappa shape index (κ2) is 9.32. The molecule has 156 valence electrons. The number of para-hydroxylation sites is 1. The summed E-state index contributed by atoms with van der Waals surface area (Å²) < 4.78 is 7.53. The van der Waals surface area contributed by atoms with Crippen molar-refractivity contribution in [1.82, 2.24) is 14.8 Å². The third kappa shape index (κ3) is 4.66. The Morgan fingerprint density at radius 3 is 2.53 bits per heavy atom. The van der Waals surface area contributed by atoms with Crippen molar-refractivity contribution in [3.63, 3.8) is 0 Å². The minimum Gasteiger partial charge on any atom is -0.378 e. The van der Waals surface area contributed by atoms with Crippen LogP contribution in [0, 0.1) is 13.8 Å². The lowest BCUT2D eigenvalue weighted by Gasteiger charge is -2.28. The highest BCUT2D eigenvalue weighted by Crippen LogP contribution is 2.29. The molecular formula is C22H25N5O2S. The Labute approximate surface area is 180 Å². The third-order valence-corrected chi connectivity index (χ3v) is 5.86. The van der Waals surface area contributed by atoms with Gasteiger partial charge in [0.1, 0.15) is 0 Å². The molecule has 0 bridgehead atoms. The zero-order valence-corrected chi connectivity index (χ0v) is 18.0. The van der Waals surface area contributed by atoms with Crippen molar-refractivity contribution in [3.8, 4) is 5.69 Å². The van der Waals surface area contributed by atoms with Crippen LogP contribution in [0.1, 0.15) is 11.1 Å². The summed E-state index contributed by atoms with van der Waals surface area (Å²) in [5, 5.41) is 12.5. The normalized spacial score (nSPS) is 14.0. The molecule has 30 heavy (non-hydrogen) atoms. The van der Waals surface area contributed by atoms with E-state index in [1.54, 1.807) is 0 Å². The molecule has 4 rings (SSSR count). The number of carbonyl (C=O) groups is 1. The Kier molecular flexibility index (Phi) is 6.35. The Morgan fingerprint density at radius 1 is 1.07 bits per heavy atom. The number of ether oxygens (including phenoxy) is 1. The fourth-order valence-corrected chi connectivity index (χ4v) is 4.05. The molecule has 1 aromatic heterocycles.